The van der Waals surface area contributed by atoms with E-state index in [4.69, 9.17) is 10.5 Å². The molecule has 2 rings (SSSR count). The van der Waals surface area contributed by atoms with E-state index in [0.29, 0.717) is 15.9 Å². The molecule has 0 bridgehead atoms. The van der Waals surface area contributed by atoms with E-state index < -0.39 is 11.8 Å². The second-order valence-electron chi connectivity index (χ2n) is 4.39. The first-order valence-electron chi connectivity index (χ1n) is 6.27. The van der Waals surface area contributed by atoms with Crippen molar-refractivity contribution >= 4 is 33.4 Å². The lowest BCUT2D eigenvalue weighted by atomic mass is 10.2. The van der Waals surface area contributed by atoms with E-state index in [1.807, 2.05) is 0 Å². The van der Waals surface area contributed by atoms with Crippen molar-refractivity contribution in [1.82, 2.24) is 0 Å². The van der Waals surface area contributed by atoms with Crippen LogP contribution in [0.4, 0.5) is 5.69 Å². The lowest BCUT2D eigenvalue weighted by Crippen LogP contribution is -2.20. The molecule has 4 N–H and O–H groups in total. The molecule has 0 aliphatic rings. The fourth-order valence-electron chi connectivity index (χ4n) is 1.68. The number of hydrogen-bond acceptors (Lipinski definition) is 4. The lowest BCUT2D eigenvalue weighted by molar-refractivity contribution is -0.119. The predicted molar refractivity (Wildman–Crippen MR) is 84.9 cm³/mol. The summed E-state index contributed by atoms with van der Waals surface area (Å²) < 4.78 is 5.80. The lowest BCUT2D eigenvalue weighted by Gasteiger charge is -2.08. The minimum absolute atomic E-state index is 0.109. The normalized spacial score (nSPS) is 10.0. The topological polar surface area (TPSA) is 102 Å². The number of benzene rings is 2. The zero-order valence-electron chi connectivity index (χ0n) is 11.4. The average Bonchev–Trinajstić information content (AvgIpc) is 2.49. The number of phenolic OH excluding ortho intramolecular Hbond substituents is 1. The van der Waals surface area contributed by atoms with E-state index >= 15 is 0 Å². The number of ether oxygens (including phenoxy) is 1. The highest BCUT2D eigenvalue weighted by atomic mass is 79.9. The molecular formula is C15H13BrN2O4. The Morgan fingerprint density at radius 3 is 2.50 bits per heavy atom. The van der Waals surface area contributed by atoms with Crippen LogP contribution in [0.1, 0.15) is 10.4 Å². The molecule has 22 heavy (non-hydrogen) atoms. The zero-order valence-corrected chi connectivity index (χ0v) is 13.0. The summed E-state index contributed by atoms with van der Waals surface area (Å²) in [6.07, 6.45) is 0. The van der Waals surface area contributed by atoms with Crippen LogP contribution in [0.25, 0.3) is 0 Å². The number of primary amides is 1. The molecule has 0 atom stereocenters. The zero-order chi connectivity index (χ0) is 16.1. The van der Waals surface area contributed by atoms with Crippen molar-refractivity contribution in [2.45, 2.75) is 0 Å². The fourth-order valence-corrected chi connectivity index (χ4v) is 2.04. The predicted octanol–water partition coefficient (Wildman–Crippen LogP) is 2.27. The van der Waals surface area contributed by atoms with Crippen LogP contribution < -0.4 is 15.8 Å². The molecule has 2 aromatic carbocycles. The summed E-state index contributed by atoms with van der Waals surface area (Å²) in [6.45, 7) is -0.211. The molecule has 114 valence electrons. The van der Waals surface area contributed by atoms with Gasteiger partial charge < -0.3 is 20.9 Å². The van der Waals surface area contributed by atoms with Crippen molar-refractivity contribution in [1.29, 1.82) is 0 Å². The summed E-state index contributed by atoms with van der Waals surface area (Å²) in [7, 11) is 0. The van der Waals surface area contributed by atoms with E-state index in [1.54, 1.807) is 30.3 Å². The summed E-state index contributed by atoms with van der Waals surface area (Å²) in [4.78, 5) is 22.7. The smallest absolute Gasteiger partial charge is 0.259 e. The average molecular weight is 365 g/mol. The second-order valence-corrected chi connectivity index (χ2v) is 5.31. The number of nitrogens with one attached hydrogen (secondary N) is 1. The number of carbonyl (C=O) groups excluding carboxylic acids is 2. The number of aromatic hydroxyl groups is 1. The largest absolute Gasteiger partial charge is 0.507 e. The quantitative estimate of drug-likeness (QED) is 0.757. The Kier molecular flexibility index (Phi) is 5.00. The SMILES string of the molecule is NC(=O)COc1ccc(NC(=O)c2cc(Br)ccc2O)cc1. The third-order valence-corrected chi connectivity index (χ3v) is 3.19. The van der Waals surface area contributed by atoms with Crippen LogP contribution in [0.5, 0.6) is 11.5 Å². The van der Waals surface area contributed by atoms with E-state index in [2.05, 4.69) is 21.2 Å². The number of nitrogens with two attached hydrogens (primary N) is 1. The number of halogens is 1. The van der Waals surface area contributed by atoms with Gasteiger partial charge in [0.05, 0.1) is 5.56 Å². The van der Waals surface area contributed by atoms with Crippen LogP contribution in [-0.4, -0.2) is 23.5 Å². The molecule has 0 aromatic heterocycles. The highest BCUT2D eigenvalue weighted by molar-refractivity contribution is 9.10. The van der Waals surface area contributed by atoms with Crippen LogP contribution in [-0.2, 0) is 4.79 Å². The van der Waals surface area contributed by atoms with Gasteiger partial charge in [-0.3, -0.25) is 9.59 Å². The van der Waals surface area contributed by atoms with Gasteiger partial charge in [0.1, 0.15) is 11.5 Å². The first-order chi connectivity index (χ1) is 10.5. The maximum absolute atomic E-state index is 12.1. The third-order valence-electron chi connectivity index (χ3n) is 2.70. The van der Waals surface area contributed by atoms with Gasteiger partial charge in [-0.05, 0) is 42.5 Å². The first kappa shape index (κ1) is 15.8. The summed E-state index contributed by atoms with van der Waals surface area (Å²) in [5, 5.41) is 12.4. The second kappa shape index (κ2) is 6.95. The minimum atomic E-state index is -0.567. The van der Waals surface area contributed by atoms with E-state index in [-0.39, 0.29) is 17.9 Å². The molecule has 6 nitrogen and oxygen atoms in total. The van der Waals surface area contributed by atoms with E-state index in [9.17, 15) is 14.7 Å². The molecule has 0 radical (unpaired) electrons. The van der Waals surface area contributed by atoms with Crippen LogP contribution in [0.15, 0.2) is 46.9 Å². The van der Waals surface area contributed by atoms with Gasteiger partial charge in [-0.1, -0.05) is 15.9 Å². The van der Waals surface area contributed by atoms with Crippen LogP contribution in [0.3, 0.4) is 0 Å². The van der Waals surface area contributed by atoms with E-state index in [0.717, 1.165) is 0 Å². The highest BCUT2D eigenvalue weighted by Crippen LogP contribution is 2.23. The van der Waals surface area contributed by atoms with Crippen molar-refractivity contribution in [3.63, 3.8) is 0 Å². The van der Waals surface area contributed by atoms with Gasteiger partial charge in [0.2, 0.25) is 0 Å². The molecule has 7 heteroatoms. The van der Waals surface area contributed by atoms with Gasteiger partial charge in [-0.25, -0.2) is 0 Å². The van der Waals surface area contributed by atoms with Crippen molar-refractivity contribution in [3.05, 3.63) is 52.5 Å². The molecule has 0 fully saturated rings. The Balaban J connectivity index is 2.05. The maximum Gasteiger partial charge on any atom is 0.259 e. The number of anilines is 1. The summed E-state index contributed by atoms with van der Waals surface area (Å²) in [6, 6.07) is 11.0. The minimum Gasteiger partial charge on any atom is -0.507 e. The van der Waals surface area contributed by atoms with Crippen molar-refractivity contribution in [3.8, 4) is 11.5 Å². The molecule has 0 heterocycles. The van der Waals surface area contributed by atoms with Gasteiger partial charge in [0.25, 0.3) is 11.8 Å². The Labute approximate surface area is 135 Å². The van der Waals surface area contributed by atoms with Crippen LogP contribution in [0, 0.1) is 0 Å². The van der Waals surface area contributed by atoms with Crippen LogP contribution >= 0.6 is 15.9 Å². The Hall–Kier alpha value is -2.54. The molecular weight excluding hydrogens is 352 g/mol. The van der Waals surface area contributed by atoms with Gasteiger partial charge in [0.15, 0.2) is 6.61 Å². The van der Waals surface area contributed by atoms with Crippen molar-refractivity contribution in [2.24, 2.45) is 5.73 Å². The van der Waals surface area contributed by atoms with E-state index in [1.165, 1.54) is 12.1 Å². The summed E-state index contributed by atoms with van der Waals surface area (Å²) in [5.41, 5.74) is 5.66. The molecule has 2 aromatic rings. The van der Waals surface area contributed by atoms with Crippen molar-refractivity contribution in [2.75, 3.05) is 11.9 Å². The number of amides is 2. The Morgan fingerprint density at radius 1 is 1.18 bits per heavy atom. The molecule has 0 aliphatic heterocycles. The number of carbonyl (C=O) groups is 2. The summed E-state index contributed by atoms with van der Waals surface area (Å²) in [5.74, 6) is -0.656. The van der Waals surface area contributed by atoms with Crippen molar-refractivity contribution < 1.29 is 19.4 Å². The molecule has 0 saturated carbocycles. The Bertz CT molecular complexity index is 701. The molecule has 0 aliphatic carbocycles. The monoisotopic (exact) mass is 364 g/mol. The molecule has 0 spiro atoms. The molecule has 0 unspecified atom stereocenters. The fraction of sp³-hybridized carbons (Fsp3) is 0.0667. The van der Waals surface area contributed by atoms with Gasteiger partial charge in [-0.2, -0.15) is 0 Å². The van der Waals surface area contributed by atoms with Gasteiger partial charge >= 0.3 is 0 Å². The number of rotatable bonds is 5. The van der Waals surface area contributed by atoms with Crippen LogP contribution in [0.2, 0.25) is 0 Å². The Morgan fingerprint density at radius 2 is 1.86 bits per heavy atom. The standard InChI is InChI=1S/C15H13BrN2O4/c16-9-1-6-13(19)12(7-9)15(21)18-10-2-4-11(5-3-10)22-8-14(17)20/h1-7,19H,8H2,(H2,17,20)(H,18,21). The summed E-state index contributed by atoms with van der Waals surface area (Å²) >= 11 is 3.24. The van der Waals surface area contributed by atoms with Gasteiger partial charge in [0, 0.05) is 10.2 Å². The number of phenols is 1. The first-order valence-corrected chi connectivity index (χ1v) is 7.06. The number of hydrogen-bond donors (Lipinski definition) is 3. The molecule has 0 saturated heterocycles. The molecule has 2 amide bonds. The third kappa shape index (κ3) is 4.23. The maximum atomic E-state index is 12.1. The van der Waals surface area contributed by atoms with Gasteiger partial charge in [-0.15, -0.1) is 0 Å². The highest BCUT2D eigenvalue weighted by Gasteiger charge is 2.12.